The molecule has 0 amide bonds. The third kappa shape index (κ3) is 4.93. The van der Waals surface area contributed by atoms with Gasteiger partial charge in [0.1, 0.15) is 17.2 Å². The molecule has 0 unspecified atom stereocenters. The molecule has 2 heterocycles. The van der Waals surface area contributed by atoms with Gasteiger partial charge in [-0.05, 0) is 30.7 Å². The lowest BCUT2D eigenvalue weighted by Crippen LogP contribution is -2.46. The average molecular weight is 485 g/mol. The Hall–Kier alpha value is -3.27. The van der Waals surface area contributed by atoms with Crippen LogP contribution in [0, 0.1) is 6.92 Å². The van der Waals surface area contributed by atoms with E-state index in [9.17, 15) is 9.90 Å². The van der Waals surface area contributed by atoms with Crippen LogP contribution in [0.5, 0.6) is 28.7 Å². The Balaban J connectivity index is 1.65. The van der Waals surface area contributed by atoms with Crippen LogP contribution in [-0.2, 0) is 6.54 Å². The highest BCUT2D eigenvalue weighted by Gasteiger charge is 2.34. The molecule has 188 valence electrons. The number of Topliss-reactive ketones (excluding diaryl/α,β-unsaturated/α-hetero) is 1. The molecule has 0 atom stereocenters. The Kier molecular flexibility index (Phi) is 7.49. The number of methoxy groups -OCH3 is 3. The third-order valence-corrected chi connectivity index (χ3v) is 6.51. The number of β-amino-alcohol motifs (C(OH)–C–C–N with tert-alkyl or cyclic N) is 1. The predicted octanol–water partition coefficient (Wildman–Crippen LogP) is 2.45. The van der Waals surface area contributed by atoms with Crippen LogP contribution in [0.15, 0.2) is 24.0 Å². The van der Waals surface area contributed by atoms with Gasteiger partial charge in [-0.1, -0.05) is 0 Å². The van der Waals surface area contributed by atoms with Gasteiger partial charge in [0.15, 0.2) is 17.3 Å². The van der Waals surface area contributed by atoms with E-state index in [0.29, 0.717) is 58.3 Å². The number of phenolic OH excluding ortho intramolecular Hbond substituents is 1. The van der Waals surface area contributed by atoms with E-state index in [1.54, 1.807) is 38.3 Å². The Morgan fingerprint density at radius 3 is 2.23 bits per heavy atom. The Morgan fingerprint density at radius 2 is 1.60 bits per heavy atom. The summed E-state index contributed by atoms with van der Waals surface area (Å²) in [6, 6.07) is 5.04. The van der Waals surface area contributed by atoms with E-state index in [4.69, 9.17) is 24.1 Å². The van der Waals surface area contributed by atoms with Gasteiger partial charge in [0, 0.05) is 50.9 Å². The van der Waals surface area contributed by atoms with Crippen molar-refractivity contribution in [3.05, 3.63) is 46.2 Å². The normalized spacial score (nSPS) is 17.4. The number of ketones is 1. The fourth-order valence-corrected chi connectivity index (χ4v) is 4.58. The molecular formula is C26H32N2O7. The summed E-state index contributed by atoms with van der Waals surface area (Å²) in [6.07, 6.45) is 1.62. The number of aliphatic hydroxyl groups is 1. The van der Waals surface area contributed by atoms with Crippen LogP contribution in [0.1, 0.15) is 27.0 Å². The molecule has 2 aromatic rings. The van der Waals surface area contributed by atoms with Crippen molar-refractivity contribution in [2.45, 2.75) is 13.5 Å². The standard InChI is InChI=1S/C26H32N2O7/c1-16-11-19(30)18(15-28-7-5-27(6-8-28)9-10-29)26-24(16)25(31)23(35-26)13-17-12-21(33-3)22(34-4)14-20(17)32-2/h11-14,29-30H,5-10,15H2,1-4H3/b23-13-. The molecule has 2 N–H and O–H groups in total. The maximum absolute atomic E-state index is 13.4. The summed E-state index contributed by atoms with van der Waals surface area (Å²) in [4.78, 5) is 17.8. The number of benzene rings is 2. The van der Waals surface area contributed by atoms with E-state index in [2.05, 4.69) is 9.80 Å². The van der Waals surface area contributed by atoms with Crippen molar-refractivity contribution in [3.63, 3.8) is 0 Å². The van der Waals surface area contributed by atoms with Crippen molar-refractivity contribution in [1.29, 1.82) is 0 Å². The summed E-state index contributed by atoms with van der Waals surface area (Å²) >= 11 is 0. The molecule has 9 heteroatoms. The van der Waals surface area contributed by atoms with Crippen LogP contribution in [0.4, 0.5) is 0 Å². The van der Waals surface area contributed by atoms with Crippen LogP contribution in [0.25, 0.3) is 6.08 Å². The minimum atomic E-state index is -0.247. The number of aliphatic hydroxyl groups excluding tert-OH is 1. The van der Waals surface area contributed by atoms with Crippen molar-refractivity contribution in [2.24, 2.45) is 0 Å². The van der Waals surface area contributed by atoms with Gasteiger partial charge in [-0.2, -0.15) is 0 Å². The van der Waals surface area contributed by atoms with E-state index in [1.165, 1.54) is 14.2 Å². The molecular weight excluding hydrogens is 452 g/mol. The smallest absolute Gasteiger partial charge is 0.232 e. The number of carbonyl (C=O) groups excluding carboxylic acids is 1. The summed E-state index contributed by atoms with van der Waals surface area (Å²) in [5.74, 6) is 1.92. The van der Waals surface area contributed by atoms with Gasteiger partial charge in [-0.3, -0.25) is 14.6 Å². The molecule has 2 aliphatic heterocycles. The average Bonchev–Trinajstić information content (AvgIpc) is 3.18. The number of aromatic hydroxyl groups is 1. The summed E-state index contributed by atoms with van der Waals surface area (Å²) in [6.45, 7) is 6.30. The van der Waals surface area contributed by atoms with Gasteiger partial charge in [0.25, 0.3) is 0 Å². The van der Waals surface area contributed by atoms with Gasteiger partial charge >= 0.3 is 0 Å². The molecule has 9 nitrogen and oxygen atoms in total. The van der Waals surface area contributed by atoms with E-state index in [0.717, 1.165) is 26.2 Å². The number of rotatable bonds is 8. The second-order valence-corrected chi connectivity index (χ2v) is 8.63. The molecule has 2 aliphatic rings. The molecule has 0 saturated carbocycles. The van der Waals surface area contributed by atoms with Crippen molar-refractivity contribution in [3.8, 4) is 28.7 Å². The number of fused-ring (bicyclic) bond motifs is 1. The first-order valence-corrected chi connectivity index (χ1v) is 11.5. The third-order valence-electron chi connectivity index (χ3n) is 6.51. The Bertz CT molecular complexity index is 1140. The SMILES string of the molecule is COc1cc(OC)c(OC)cc1/C=C1\Oc2c(CN3CCN(CCO)CC3)c(O)cc(C)c2C1=O. The van der Waals surface area contributed by atoms with Gasteiger partial charge in [0.05, 0.1) is 39.1 Å². The topological polar surface area (TPSA) is 101 Å². The zero-order chi connectivity index (χ0) is 25.1. The van der Waals surface area contributed by atoms with E-state index in [-0.39, 0.29) is 23.9 Å². The van der Waals surface area contributed by atoms with Gasteiger partial charge in [-0.15, -0.1) is 0 Å². The Labute approximate surface area is 205 Å². The number of hydrogen-bond donors (Lipinski definition) is 2. The Morgan fingerprint density at radius 1 is 0.971 bits per heavy atom. The fraction of sp³-hybridized carbons (Fsp3) is 0.423. The summed E-state index contributed by atoms with van der Waals surface area (Å²) < 4.78 is 22.3. The molecule has 0 radical (unpaired) electrons. The molecule has 0 spiro atoms. The number of piperazine rings is 1. The highest BCUT2D eigenvalue weighted by atomic mass is 16.5. The lowest BCUT2D eigenvalue weighted by atomic mass is 9.99. The quantitative estimate of drug-likeness (QED) is 0.547. The monoisotopic (exact) mass is 484 g/mol. The van der Waals surface area contributed by atoms with Gasteiger partial charge in [0.2, 0.25) is 5.78 Å². The number of nitrogens with zero attached hydrogens (tertiary/aromatic N) is 2. The van der Waals surface area contributed by atoms with Crippen LogP contribution in [0.3, 0.4) is 0 Å². The van der Waals surface area contributed by atoms with Crippen molar-refractivity contribution in [2.75, 3.05) is 60.7 Å². The summed E-state index contributed by atoms with van der Waals surface area (Å²) in [5, 5.41) is 19.9. The van der Waals surface area contributed by atoms with Crippen molar-refractivity contribution in [1.82, 2.24) is 9.80 Å². The lowest BCUT2D eigenvalue weighted by Gasteiger charge is -2.34. The minimum Gasteiger partial charge on any atom is -0.507 e. The number of carbonyl (C=O) groups is 1. The van der Waals surface area contributed by atoms with Gasteiger partial charge < -0.3 is 29.2 Å². The molecule has 1 fully saturated rings. The maximum Gasteiger partial charge on any atom is 0.232 e. The van der Waals surface area contributed by atoms with E-state index in [1.807, 2.05) is 0 Å². The molecule has 0 bridgehead atoms. The van der Waals surface area contributed by atoms with Crippen LogP contribution >= 0.6 is 0 Å². The van der Waals surface area contributed by atoms with Crippen LogP contribution in [0.2, 0.25) is 0 Å². The molecule has 4 rings (SSSR count). The number of ether oxygens (including phenoxy) is 4. The zero-order valence-corrected chi connectivity index (χ0v) is 20.6. The van der Waals surface area contributed by atoms with Crippen LogP contribution < -0.4 is 18.9 Å². The molecule has 35 heavy (non-hydrogen) atoms. The number of phenols is 1. The van der Waals surface area contributed by atoms with Gasteiger partial charge in [-0.25, -0.2) is 0 Å². The predicted molar refractivity (Wildman–Crippen MR) is 131 cm³/mol. The van der Waals surface area contributed by atoms with E-state index < -0.39 is 0 Å². The van der Waals surface area contributed by atoms with Crippen molar-refractivity contribution < 1.29 is 34.0 Å². The number of aryl methyl sites for hydroxylation is 1. The van der Waals surface area contributed by atoms with E-state index >= 15 is 0 Å². The lowest BCUT2D eigenvalue weighted by molar-refractivity contribution is 0.101. The largest absolute Gasteiger partial charge is 0.507 e. The summed E-state index contributed by atoms with van der Waals surface area (Å²) in [5.41, 5.74) is 2.31. The minimum absolute atomic E-state index is 0.108. The highest BCUT2D eigenvalue weighted by molar-refractivity contribution is 6.16. The number of allylic oxidation sites excluding steroid dienone is 1. The zero-order valence-electron chi connectivity index (χ0n) is 20.6. The molecule has 2 aromatic carbocycles. The van der Waals surface area contributed by atoms with Crippen LogP contribution in [-0.4, -0.2) is 86.5 Å². The first kappa shape index (κ1) is 24.8. The molecule has 1 saturated heterocycles. The maximum atomic E-state index is 13.4. The van der Waals surface area contributed by atoms with Crippen molar-refractivity contribution >= 4 is 11.9 Å². The second kappa shape index (κ2) is 10.6. The highest BCUT2D eigenvalue weighted by Crippen LogP contribution is 2.43. The first-order valence-electron chi connectivity index (χ1n) is 11.5. The first-order chi connectivity index (χ1) is 16.9. The summed E-state index contributed by atoms with van der Waals surface area (Å²) in [7, 11) is 4.62. The fourth-order valence-electron chi connectivity index (χ4n) is 4.58. The second-order valence-electron chi connectivity index (χ2n) is 8.63. The molecule has 0 aliphatic carbocycles. The molecule has 0 aromatic heterocycles. The number of hydrogen-bond acceptors (Lipinski definition) is 9.